The predicted molar refractivity (Wildman–Crippen MR) is 84.3 cm³/mol. The van der Waals surface area contributed by atoms with Gasteiger partial charge in [-0.2, -0.15) is 0 Å². The topological polar surface area (TPSA) is 65.0 Å². The number of rotatable bonds is 9. The maximum atomic E-state index is 12.1. The maximum Gasteiger partial charge on any atom is 0.340 e. The molecule has 1 rings (SSSR count). The van der Waals surface area contributed by atoms with E-state index in [0.29, 0.717) is 5.56 Å². The standard InChI is InChI=1S/C14H17Cl3O5/c15-14(16,17)10-22-13(19)12(11-4-2-1-3-5-11)21-9-8-20-7-6-18/h1-5,12,18H,6-10H2. The van der Waals surface area contributed by atoms with Gasteiger partial charge in [0.1, 0.15) is 6.61 Å². The molecule has 1 N–H and O–H groups in total. The average Bonchev–Trinajstić information content (AvgIpc) is 2.49. The van der Waals surface area contributed by atoms with Gasteiger partial charge in [0.25, 0.3) is 0 Å². The number of aliphatic hydroxyl groups excluding tert-OH is 1. The Morgan fingerprint density at radius 1 is 1.14 bits per heavy atom. The summed E-state index contributed by atoms with van der Waals surface area (Å²) >= 11 is 16.7. The lowest BCUT2D eigenvalue weighted by molar-refractivity contribution is -0.158. The van der Waals surface area contributed by atoms with Crippen molar-refractivity contribution in [1.29, 1.82) is 0 Å². The SMILES string of the molecule is O=C(OCC(Cl)(Cl)Cl)C(OCCOCCO)c1ccccc1. The van der Waals surface area contributed by atoms with Crippen LogP contribution >= 0.6 is 34.8 Å². The highest BCUT2D eigenvalue weighted by molar-refractivity contribution is 6.67. The van der Waals surface area contributed by atoms with Gasteiger partial charge in [0, 0.05) is 0 Å². The van der Waals surface area contributed by atoms with Crippen molar-refractivity contribution >= 4 is 40.8 Å². The Hall–Kier alpha value is -0.560. The van der Waals surface area contributed by atoms with Crippen LogP contribution in [0.25, 0.3) is 0 Å². The number of benzene rings is 1. The Labute approximate surface area is 144 Å². The minimum Gasteiger partial charge on any atom is -0.459 e. The highest BCUT2D eigenvalue weighted by Gasteiger charge is 2.27. The summed E-state index contributed by atoms with van der Waals surface area (Å²) in [4.78, 5) is 12.1. The fourth-order valence-corrected chi connectivity index (χ4v) is 1.71. The predicted octanol–water partition coefficient (Wildman–Crippen LogP) is 2.67. The number of esters is 1. The van der Waals surface area contributed by atoms with Crippen LogP contribution in [0, 0.1) is 0 Å². The summed E-state index contributed by atoms with van der Waals surface area (Å²) in [7, 11) is 0. The molecule has 0 aliphatic rings. The number of aliphatic hydroxyl groups is 1. The van der Waals surface area contributed by atoms with Gasteiger partial charge in [-0.1, -0.05) is 65.1 Å². The van der Waals surface area contributed by atoms with Crippen LogP contribution in [-0.4, -0.2) is 47.9 Å². The van der Waals surface area contributed by atoms with Crippen molar-refractivity contribution in [3.63, 3.8) is 0 Å². The molecule has 0 bridgehead atoms. The first-order chi connectivity index (χ1) is 10.4. The first-order valence-electron chi connectivity index (χ1n) is 6.52. The highest BCUT2D eigenvalue weighted by Crippen LogP contribution is 2.27. The number of hydrogen-bond acceptors (Lipinski definition) is 5. The van der Waals surface area contributed by atoms with Crippen molar-refractivity contribution < 1.29 is 24.1 Å². The van der Waals surface area contributed by atoms with Gasteiger partial charge < -0.3 is 19.3 Å². The molecule has 22 heavy (non-hydrogen) atoms. The average molecular weight is 372 g/mol. The maximum absolute atomic E-state index is 12.1. The van der Waals surface area contributed by atoms with Gasteiger partial charge in [0.15, 0.2) is 6.10 Å². The Morgan fingerprint density at radius 3 is 2.41 bits per heavy atom. The largest absolute Gasteiger partial charge is 0.459 e. The van der Waals surface area contributed by atoms with Crippen molar-refractivity contribution in [3.05, 3.63) is 35.9 Å². The number of alkyl halides is 3. The minimum absolute atomic E-state index is 0.0760. The van der Waals surface area contributed by atoms with Gasteiger partial charge in [-0.25, -0.2) is 4.79 Å². The first-order valence-corrected chi connectivity index (χ1v) is 7.66. The summed E-state index contributed by atoms with van der Waals surface area (Å²) in [5.41, 5.74) is 0.624. The van der Waals surface area contributed by atoms with Crippen LogP contribution in [-0.2, 0) is 19.0 Å². The van der Waals surface area contributed by atoms with E-state index in [1.807, 2.05) is 6.07 Å². The summed E-state index contributed by atoms with van der Waals surface area (Å²) in [6.07, 6.45) is -0.939. The van der Waals surface area contributed by atoms with Gasteiger partial charge in [0.05, 0.1) is 26.4 Å². The Kier molecular flexibility index (Phi) is 9.09. The first kappa shape index (κ1) is 19.5. The van der Waals surface area contributed by atoms with Crippen LogP contribution < -0.4 is 0 Å². The van der Waals surface area contributed by atoms with Crippen molar-refractivity contribution in [2.75, 3.05) is 33.0 Å². The van der Waals surface area contributed by atoms with Crippen molar-refractivity contribution in [2.45, 2.75) is 9.90 Å². The summed E-state index contributed by atoms with van der Waals surface area (Å²) in [5, 5.41) is 8.61. The van der Waals surface area contributed by atoms with E-state index in [1.54, 1.807) is 24.3 Å². The lowest BCUT2D eigenvalue weighted by atomic mass is 10.1. The lowest BCUT2D eigenvalue weighted by Crippen LogP contribution is -2.25. The Balaban J connectivity index is 2.60. The second kappa shape index (κ2) is 10.3. The van der Waals surface area contributed by atoms with E-state index in [9.17, 15) is 4.79 Å². The van der Waals surface area contributed by atoms with E-state index in [0.717, 1.165) is 0 Å². The molecule has 0 saturated carbocycles. The molecule has 0 aromatic heterocycles. The molecule has 0 saturated heterocycles. The van der Waals surface area contributed by atoms with Crippen molar-refractivity contribution in [1.82, 2.24) is 0 Å². The van der Waals surface area contributed by atoms with Crippen LogP contribution in [0.2, 0.25) is 0 Å². The summed E-state index contributed by atoms with van der Waals surface area (Å²) < 4.78 is 13.8. The fraction of sp³-hybridized carbons (Fsp3) is 0.500. The zero-order chi connectivity index (χ0) is 16.4. The number of halogens is 3. The normalized spacial score (nSPS) is 12.9. The smallest absolute Gasteiger partial charge is 0.340 e. The van der Waals surface area contributed by atoms with Gasteiger partial charge in [-0.3, -0.25) is 0 Å². The number of carbonyl (C=O) groups excluding carboxylic acids is 1. The Morgan fingerprint density at radius 2 is 1.82 bits per heavy atom. The highest BCUT2D eigenvalue weighted by atomic mass is 35.6. The molecule has 1 aromatic rings. The number of ether oxygens (including phenoxy) is 3. The third kappa shape index (κ3) is 8.17. The van der Waals surface area contributed by atoms with E-state index >= 15 is 0 Å². The van der Waals surface area contributed by atoms with Crippen LogP contribution in [0.3, 0.4) is 0 Å². The molecule has 1 aromatic carbocycles. The molecule has 0 amide bonds. The number of carbonyl (C=O) groups is 1. The quantitative estimate of drug-likeness (QED) is 0.411. The van der Waals surface area contributed by atoms with E-state index < -0.39 is 15.9 Å². The molecular weight excluding hydrogens is 355 g/mol. The van der Waals surface area contributed by atoms with Crippen LogP contribution in [0.4, 0.5) is 0 Å². The monoisotopic (exact) mass is 370 g/mol. The second-order valence-corrected chi connectivity index (χ2v) is 6.74. The van der Waals surface area contributed by atoms with E-state index in [-0.39, 0.29) is 33.0 Å². The zero-order valence-electron chi connectivity index (χ0n) is 11.7. The lowest BCUT2D eigenvalue weighted by Gasteiger charge is -2.19. The van der Waals surface area contributed by atoms with E-state index in [1.165, 1.54) is 0 Å². The molecule has 0 spiro atoms. The molecule has 1 atom stereocenters. The number of hydrogen-bond donors (Lipinski definition) is 1. The molecule has 0 radical (unpaired) electrons. The molecule has 0 aliphatic carbocycles. The molecule has 124 valence electrons. The minimum atomic E-state index is -1.68. The third-order valence-corrected chi connectivity index (χ3v) is 2.77. The molecule has 8 heteroatoms. The summed E-state index contributed by atoms with van der Waals surface area (Å²) in [6, 6.07) is 8.83. The van der Waals surface area contributed by atoms with Crippen molar-refractivity contribution in [3.8, 4) is 0 Å². The van der Waals surface area contributed by atoms with Gasteiger partial charge >= 0.3 is 5.97 Å². The van der Waals surface area contributed by atoms with Crippen LogP contribution in [0.1, 0.15) is 11.7 Å². The van der Waals surface area contributed by atoms with Crippen LogP contribution in [0.15, 0.2) is 30.3 Å². The molecule has 0 heterocycles. The fourth-order valence-electron chi connectivity index (χ4n) is 1.55. The third-order valence-electron chi connectivity index (χ3n) is 2.44. The molecular formula is C14H17Cl3O5. The van der Waals surface area contributed by atoms with Gasteiger partial charge in [0.2, 0.25) is 3.79 Å². The molecule has 1 unspecified atom stereocenters. The summed E-state index contributed by atoms with van der Waals surface area (Å²) in [6.45, 7) is 0.152. The molecule has 0 aliphatic heterocycles. The van der Waals surface area contributed by atoms with E-state index in [4.69, 9.17) is 54.1 Å². The molecule has 0 fully saturated rings. The summed E-state index contributed by atoms with van der Waals surface area (Å²) in [5.74, 6) is -0.653. The van der Waals surface area contributed by atoms with Crippen LogP contribution in [0.5, 0.6) is 0 Å². The van der Waals surface area contributed by atoms with E-state index in [2.05, 4.69) is 0 Å². The Bertz CT molecular complexity index is 436. The zero-order valence-corrected chi connectivity index (χ0v) is 14.0. The van der Waals surface area contributed by atoms with Gasteiger partial charge in [-0.15, -0.1) is 0 Å². The van der Waals surface area contributed by atoms with Gasteiger partial charge in [-0.05, 0) is 5.56 Å². The molecule has 5 nitrogen and oxygen atoms in total. The van der Waals surface area contributed by atoms with Crippen molar-refractivity contribution in [2.24, 2.45) is 0 Å². The second-order valence-electron chi connectivity index (χ2n) is 4.22.